The van der Waals surface area contributed by atoms with E-state index in [4.69, 9.17) is 4.74 Å². The van der Waals surface area contributed by atoms with Crippen molar-refractivity contribution >= 4 is 11.6 Å². The van der Waals surface area contributed by atoms with Gasteiger partial charge in [-0.05, 0) is 49.7 Å². The Hall–Kier alpha value is -2.36. The second-order valence-electron chi connectivity index (χ2n) is 4.51. The van der Waals surface area contributed by atoms with Gasteiger partial charge < -0.3 is 10.1 Å². The minimum atomic E-state index is -0.141. The van der Waals surface area contributed by atoms with Crippen molar-refractivity contribution in [2.45, 2.75) is 20.3 Å². The number of amides is 1. The molecule has 0 bridgehead atoms. The van der Waals surface area contributed by atoms with Crippen LogP contribution in [-0.2, 0) is 0 Å². The topological polar surface area (TPSA) is 51.2 Å². The number of aryl methyl sites for hydroxylation is 1. The molecule has 0 aliphatic carbocycles. The highest BCUT2D eigenvalue weighted by molar-refractivity contribution is 6.04. The van der Waals surface area contributed by atoms with Crippen LogP contribution in [0.4, 0.5) is 5.69 Å². The average Bonchev–Trinajstić information content (AvgIpc) is 2.45. The maximum Gasteiger partial charge on any atom is 0.255 e. The maximum absolute atomic E-state index is 12.1. The third kappa shape index (κ3) is 3.82. The van der Waals surface area contributed by atoms with Gasteiger partial charge >= 0.3 is 0 Å². The van der Waals surface area contributed by atoms with Crippen LogP contribution in [0, 0.1) is 6.92 Å². The lowest BCUT2D eigenvalue weighted by molar-refractivity contribution is 0.102. The molecule has 1 aromatic carbocycles. The molecule has 2 aromatic rings. The Morgan fingerprint density at radius 2 is 2.00 bits per heavy atom. The van der Waals surface area contributed by atoms with Crippen molar-refractivity contribution in [2.75, 3.05) is 11.9 Å². The number of pyridine rings is 1. The fraction of sp³-hybridized carbons (Fsp3) is 0.250. The van der Waals surface area contributed by atoms with Crippen LogP contribution in [0.3, 0.4) is 0 Å². The number of anilines is 1. The van der Waals surface area contributed by atoms with Crippen LogP contribution in [0.2, 0.25) is 0 Å². The van der Waals surface area contributed by atoms with Gasteiger partial charge in [-0.15, -0.1) is 0 Å². The molecule has 0 fully saturated rings. The van der Waals surface area contributed by atoms with Gasteiger partial charge in [0.25, 0.3) is 5.91 Å². The number of ether oxygens (including phenoxy) is 1. The summed E-state index contributed by atoms with van der Waals surface area (Å²) in [5.74, 6) is 0.640. The van der Waals surface area contributed by atoms with Gasteiger partial charge in [0.1, 0.15) is 5.75 Å². The van der Waals surface area contributed by atoms with Crippen molar-refractivity contribution in [1.29, 1.82) is 0 Å². The molecule has 0 unspecified atom stereocenters. The van der Waals surface area contributed by atoms with Gasteiger partial charge in [0.15, 0.2) is 0 Å². The Kier molecular flexibility index (Phi) is 4.71. The minimum Gasteiger partial charge on any atom is -0.494 e. The molecule has 104 valence electrons. The first kappa shape index (κ1) is 14.1. The van der Waals surface area contributed by atoms with Crippen molar-refractivity contribution in [2.24, 2.45) is 0 Å². The maximum atomic E-state index is 12.1. The number of carbonyl (C=O) groups is 1. The summed E-state index contributed by atoms with van der Waals surface area (Å²) in [7, 11) is 0. The highest BCUT2D eigenvalue weighted by Crippen LogP contribution is 2.14. The fourth-order valence-corrected chi connectivity index (χ4v) is 1.75. The Balaban J connectivity index is 2.02. The number of nitrogens with one attached hydrogen (secondary N) is 1. The van der Waals surface area contributed by atoms with Gasteiger partial charge in [0.05, 0.1) is 6.61 Å². The van der Waals surface area contributed by atoms with Crippen molar-refractivity contribution in [3.05, 3.63) is 53.9 Å². The summed E-state index contributed by atoms with van der Waals surface area (Å²) < 4.78 is 5.48. The highest BCUT2D eigenvalue weighted by atomic mass is 16.5. The van der Waals surface area contributed by atoms with Crippen LogP contribution < -0.4 is 10.1 Å². The normalized spacial score (nSPS) is 10.1. The van der Waals surface area contributed by atoms with E-state index in [1.165, 1.54) is 0 Å². The van der Waals surface area contributed by atoms with Gasteiger partial charge in [0.2, 0.25) is 0 Å². The summed E-state index contributed by atoms with van der Waals surface area (Å²) in [6.45, 7) is 4.62. The Bertz CT molecular complexity index is 579. The first-order chi connectivity index (χ1) is 9.69. The molecule has 4 nitrogen and oxygen atoms in total. The van der Waals surface area contributed by atoms with Gasteiger partial charge in [0, 0.05) is 23.1 Å². The minimum absolute atomic E-state index is 0.141. The number of hydrogen-bond acceptors (Lipinski definition) is 3. The van der Waals surface area contributed by atoms with Gasteiger partial charge in [-0.3, -0.25) is 9.78 Å². The third-order valence-electron chi connectivity index (χ3n) is 2.74. The fourth-order valence-electron chi connectivity index (χ4n) is 1.75. The zero-order chi connectivity index (χ0) is 14.4. The van der Waals surface area contributed by atoms with Gasteiger partial charge in [-0.1, -0.05) is 6.92 Å². The Morgan fingerprint density at radius 3 is 2.65 bits per heavy atom. The second-order valence-corrected chi connectivity index (χ2v) is 4.51. The molecule has 0 aliphatic heterocycles. The van der Waals surface area contributed by atoms with Gasteiger partial charge in [-0.2, -0.15) is 0 Å². The third-order valence-corrected chi connectivity index (χ3v) is 2.74. The summed E-state index contributed by atoms with van der Waals surface area (Å²) in [6.07, 6.45) is 2.64. The van der Waals surface area contributed by atoms with Crippen molar-refractivity contribution in [3.63, 3.8) is 0 Å². The monoisotopic (exact) mass is 270 g/mol. The summed E-state index contributed by atoms with van der Waals surface area (Å²) in [5, 5.41) is 2.84. The van der Waals surface area contributed by atoms with E-state index in [9.17, 15) is 4.79 Å². The molecule has 1 heterocycles. The Labute approximate surface area is 118 Å². The average molecular weight is 270 g/mol. The van der Waals surface area contributed by atoms with Gasteiger partial charge in [-0.25, -0.2) is 0 Å². The second kappa shape index (κ2) is 6.70. The van der Waals surface area contributed by atoms with E-state index >= 15 is 0 Å². The summed E-state index contributed by atoms with van der Waals surface area (Å²) in [6, 6.07) is 10.7. The molecule has 1 amide bonds. The van der Waals surface area contributed by atoms with Crippen LogP contribution in [0.1, 0.15) is 29.4 Å². The van der Waals surface area contributed by atoms with Crippen molar-refractivity contribution < 1.29 is 9.53 Å². The number of hydrogen-bond donors (Lipinski definition) is 1. The molecule has 0 atom stereocenters. The molecule has 1 N–H and O–H groups in total. The Morgan fingerprint density at radius 1 is 1.25 bits per heavy atom. The van der Waals surface area contributed by atoms with Crippen molar-refractivity contribution in [1.82, 2.24) is 4.98 Å². The summed E-state index contributed by atoms with van der Waals surface area (Å²) in [4.78, 5) is 16.2. The van der Waals surface area contributed by atoms with Crippen molar-refractivity contribution in [3.8, 4) is 5.75 Å². The molecule has 0 radical (unpaired) electrons. The SMILES string of the molecule is CCCOc1ccc(C(=O)Nc2ccnc(C)c2)cc1. The van der Waals surface area contributed by atoms with E-state index in [1.807, 2.05) is 25.1 Å². The van der Waals surface area contributed by atoms with Crippen LogP contribution >= 0.6 is 0 Å². The van der Waals surface area contributed by atoms with E-state index in [0.29, 0.717) is 12.2 Å². The largest absolute Gasteiger partial charge is 0.494 e. The zero-order valence-electron chi connectivity index (χ0n) is 11.7. The first-order valence-corrected chi connectivity index (χ1v) is 6.66. The first-order valence-electron chi connectivity index (χ1n) is 6.66. The number of nitrogens with zero attached hydrogens (tertiary/aromatic N) is 1. The lowest BCUT2D eigenvalue weighted by atomic mass is 10.2. The standard InChI is InChI=1S/C16H18N2O2/c1-3-10-20-15-6-4-13(5-7-15)16(19)18-14-8-9-17-12(2)11-14/h4-9,11H,3,10H2,1-2H3,(H,17,18,19). The molecular weight excluding hydrogens is 252 g/mol. The van der Waals surface area contributed by atoms with E-state index in [1.54, 1.807) is 24.4 Å². The number of rotatable bonds is 5. The molecule has 0 spiro atoms. The van der Waals surface area contributed by atoms with Crippen LogP contribution in [0.5, 0.6) is 5.75 Å². The molecule has 2 rings (SSSR count). The molecular formula is C16H18N2O2. The summed E-state index contributed by atoms with van der Waals surface area (Å²) >= 11 is 0. The number of aromatic nitrogens is 1. The number of benzene rings is 1. The lowest BCUT2D eigenvalue weighted by Gasteiger charge is -2.07. The molecule has 0 saturated carbocycles. The molecule has 20 heavy (non-hydrogen) atoms. The van der Waals surface area contributed by atoms with Crippen LogP contribution in [0.25, 0.3) is 0 Å². The molecule has 0 aliphatic rings. The molecule has 4 heteroatoms. The summed E-state index contributed by atoms with van der Waals surface area (Å²) in [5.41, 5.74) is 2.21. The van der Waals surface area contributed by atoms with E-state index in [2.05, 4.69) is 17.2 Å². The lowest BCUT2D eigenvalue weighted by Crippen LogP contribution is -2.12. The molecule has 1 aromatic heterocycles. The van der Waals surface area contributed by atoms with Crippen LogP contribution in [-0.4, -0.2) is 17.5 Å². The smallest absolute Gasteiger partial charge is 0.255 e. The predicted molar refractivity (Wildman–Crippen MR) is 79.2 cm³/mol. The van der Waals surface area contributed by atoms with E-state index < -0.39 is 0 Å². The predicted octanol–water partition coefficient (Wildman–Crippen LogP) is 3.43. The zero-order valence-corrected chi connectivity index (χ0v) is 11.7. The number of carbonyl (C=O) groups excluding carboxylic acids is 1. The quantitative estimate of drug-likeness (QED) is 0.905. The van der Waals surface area contributed by atoms with E-state index in [-0.39, 0.29) is 5.91 Å². The van der Waals surface area contributed by atoms with E-state index in [0.717, 1.165) is 23.6 Å². The van der Waals surface area contributed by atoms with Crippen LogP contribution in [0.15, 0.2) is 42.6 Å². The molecule has 0 saturated heterocycles. The highest BCUT2D eigenvalue weighted by Gasteiger charge is 2.06.